The fraction of sp³-hybridized carbons (Fsp3) is 0.385. The molecule has 1 fully saturated rings. The van der Waals surface area contributed by atoms with Gasteiger partial charge in [0.2, 0.25) is 9.84 Å². The zero-order valence-corrected chi connectivity index (χ0v) is 11.4. The van der Waals surface area contributed by atoms with Crippen LogP contribution < -0.4 is 11.1 Å². The Morgan fingerprint density at radius 3 is 2.74 bits per heavy atom. The van der Waals surface area contributed by atoms with Crippen molar-refractivity contribution in [2.24, 2.45) is 0 Å². The maximum absolute atomic E-state index is 12.4. The van der Waals surface area contributed by atoms with Crippen LogP contribution in [0.4, 0.5) is 5.69 Å². The Morgan fingerprint density at radius 1 is 1.26 bits per heavy atom. The molecule has 0 aliphatic carbocycles. The van der Waals surface area contributed by atoms with E-state index in [1.807, 2.05) is 0 Å². The molecule has 0 atom stereocenters. The summed E-state index contributed by atoms with van der Waals surface area (Å²) in [6.45, 7) is 4.07. The second kappa shape index (κ2) is 4.63. The minimum Gasteiger partial charge on any atom is -0.399 e. The summed E-state index contributed by atoms with van der Waals surface area (Å²) in [5.41, 5.74) is 7.01. The molecule has 0 unspecified atom stereocenters. The number of nitrogens with two attached hydrogens (primary N) is 1. The van der Waals surface area contributed by atoms with E-state index in [9.17, 15) is 8.42 Å². The summed E-state index contributed by atoms with van der Waals surface area (Å²) in [4.78, 5) is 3.02. The van der Waals surface area contributed by atoms with Gasteiger partial charge in [-0.25, -0.2) is 8.42 Å². The summed E-state index contributed by atoms with van der Waals surface area (Å²) in [6, 6.07) is 4.96. The maximum Gasteiger partial charge on any atom is 0.204 e. The van der Waals surface area contributed by atoms with Crippen molar-refractivity contribution >= 4 is 21.6 Å². The topological polar surface area (TPSA) is 75.4 Å². The molecule has 0 bridgehead atoms. The molecule has 0 aromatic heterocycles. The van der Waals surface area contributed by atoms with Gasteiger partial charge >= 0.3 is 0 Å². The Morgan fingerprint density at radius 2 is 2.00 bits per heavy atom. The third kappa shape index (κ3) is 2.27. The van der Waals surface area contributed by atoms with E-state index in [0.717, 1.165) is 26.2 Å². The first kappa shape index (κ1) is 12.7. The van der Waals surface area contributed by atoms with Crippen LogP contribution in [0.1, 0.15) is 5.56 Å². The summed E-state index contributed by atoms with van der Waals surface area (Å²) in [7, 11) is -3.32. The van der Waals surface area contributed by atoms with E-state index in [1.165, 1.54) is 0 Å². The molecule has 3 N–H and O–H groups in total. The van der Waals surface area contributed by atoms with E-state index >= 15 is 0 Å². The highest BCUT2D eigenvalue weighted by molar-refractivity contribution is 7.95. The number of anilines is 1. The van der Waals surface area contributed by atoms with Crippen LogP contribution >= 0.6 is 0 Å². The number of nitrogens with zero attached hydrogens (tertiary/aromatic N) is 1. The standard InChI is InChI=1S/C13H17N3O2S/c14-11-1-2-13-10(7-11)8-12(19(13,17)18)9-16-5-3-15-4-6-16/h1-2,7-8,15H,3-6,9,14H2. The van der Waals surface area contributed by atoms with Gasteiger partial charge in [0.15, 0.2) is 0 Å². The average Bonchev–Trinajstić information content (AvgIpc) is 2.62. The van der Waals surface area contributed by atoms with Crippen LogP contribution in [0, 0.1) is 0 Å². The summed E-state index contributed by atoms with van der Waals surface area (Å²) < 4.78 is 24.8. The number of piperazine rings is 1. The first-order valence-corrected chi connectivity index (χ1v) is 7.84. The van der Waals surface area contributed by atoms with Gasteiger partial charge in [0.05, 0.1) is 9.80 Å². The first-order chi connectivity index (χ1) is 9.07. The number of fused-ring (bicyclic) bond motifs is 1. The minimum atomic E-state index is -3.32. The van der Waals surface area contributed by atoms with Crippen LogP contribution in [0.3, 0.4) is 0 Å². The van der Waals surface area contributed by atoms with Gasteiger partial charge in [-0.3, -0.25) is 4.90 Å². The number of sulfone groups is 1. The number of benzene rings is 1. The molecule has 0 saturated carbocycles. The van der Waals surface area contributed by atoms with Gasteiger partial charge in [-0.15, -0.1) is 0 Å². The van der Waals surface area contributed by atoms with Gasteiger partial charge < -0.3 is 11.1 Å². The van der Waals surface area contributed by atoms with Gasteiger partial charge in [0.25, 0.3) is 0 Å². The molecule has 1 aromatic carbocycles. The molecule has 1 aromatic rings. The van der Waals surface area contributed by atoms with Crippen LogP contribution in [0.2, 0.25) is 0 Å². The largest absolute Gasteiger partial charge is 0.399 e. The highest BCUT2D eigenvalue weighted by atomic mass is 32.2. The third-order valence-electron chi connectivity index (χ3n) is 3.57. The smallest absolute Gasteiger partial charge is 0.204 e. The lowest BCUT2D eigenvalue weighted by atomic mass is 10.2. The monoisotopic (exact) mass is 279 g/mol. The molecule has 5 nitrogen and oxygen atoms in total. The molecule has 6 heteroatoms. The Hall–Kier alpha value is -1.37. The van der Waals surface area contributed by atoms with Crippen molar-refractivity contribution in [3.63, 3.8) is 0 Å². The third-order valence-corrected chi connectivity index (χ3v) is 5.46. The number of hydrogen-bond donors (Lipinski definition) is 2. The lowest BCUT2D eigenvalue weighted by Gasteiger charge is -2.27. The van der Waals surface area contributed by atoms with Crippen molar-refractivity contribution in [2.45, 2.75) is 4.90 Å². The quantitative estimate of drug-likeness (QED) is 0.762. The number of hydrogen-bond acceptors (Lipinski definition) is 5. The van der Waals surface area contributed by atoms with Crippen molar-refractivity contribution in [1.29, 1.82) is 0 Å². The van der Waals surface area contributed by atoms with Crippen molar-refractivity contribution in [3.05, 3.63) is 28.7 Å². The summed E-state index contributed by atoms with van der Waals surface area (Å²) >= 11 is 0. The Kier molecular flexibility index (Phi) is 3.08. The summed E-state index contributed by atoms with van der Waals surface area (Å²) in [5, 5.41) is 3.26. The first-order valence-electron chi connectivity index (χ1n) is 6.35. The van der Waals surface area contributed by atoms with Crippen molar-refractivity contribution < 1.29 is 8.42 Å². The van der Waals surface area contributed by atoms with Crippen LogP contribution in [-0.2, 0) is 9.84 Å². The molecule has 1 saturated heterocycles. The average molecular weight is 279 g/mol. The molecule has 0 amide bonds. The molecule has 3 rings (SSSR count). The predicted molar refractivity (Wildman–Crippen MR) is 75.3 cm³/mol. The normalized spacial score (nSPS) is 22.0. The summed E-state index contributed by atoms with van der Waals surface area (Å²) in [5.74, 6) is 0. The molecule has 19 heavy (non-hydrogen) atoms. The number of nitrogens with one attached hydrogen (secondary N) is 1. The van der Waals surface area contributed by atoms with Gasteiger partial charge in [0, 0.05) is 38.4 Å². The maximum atomic E-state index is 12.4. The Labute approximate surface area is 113 Å². The lowest BCUT2D eigenvalue weighted by Crippen LogP contribution is -2.44. The van der Waals surface area contributed by atoms with Gasteiger partial charge in [-0.2, -0.15) is 0 Å². The minimum absolute atomic E-state index is 0.381. The van der Waals surface area contributed by atoms with E-state index in [-0.39, 0.29) is 0 Å². The van der Waals surface area contributed by atoms with E-state index in [4.69, 9.17) is 5.73 Å². The lowest BCUT2D eigenvalue weighted by molar-refractivity contribution is 0.263. The SMILES string of the molecule is Nc1ccc2c(c1)C=C(CN1CCNCC1)S2(=O)=O. The highest BCUT2D eigenvalue weighted by Crippen LogP contribution is 2.34. The zero-order valence-electron chi connectivity index (χ0n) is 10.6. The molecule has 0 spiro atoms. The Bertz CT molecular complexity index is 631. The number of rotatable bonds is 2. The molecular formula is C13H17N3O2S. The summed E-state index contributed by atoms with van der Waals surface area (Å²) in [6.07, 6.45) is 1.75. The fourth-order valence-corrected chi connectivity index (χ4v) is 4.13. The van der Waals surface area contributed by atoms with Gasteiger partial charge in [-0.05, 0) is 29.8 Å². The fourth-order valence-electron chi connectivity index (χ4n) is 2.54. The van der Waals surface area contributed by atoms with Gasteiger partial charge in [-0.1, -0.05) is 0 Å². The molecule has 2 heterocycles. The molecule has 2 aliphatic rings. The molecule has 2 aliphatic heterocycles. The van der Waals surface area contributed by atoms with E-state index in [1.54, 1.807) is 24.3 Å². The van der Waals surface area contributed by atoms with E-state index in [0.29, 0.717) is 27.6 Å². The number of nitrogen functional groups attached to an aromatic ring is 1. The van der Waals surface area contributed by atoms with Crippen LogP contribution in [0.25, 0.3) is 6.08 Å². The highest BCUT2D eigenvalue weighted by Gasteiger charge is 2.30. The molecular weight excluding hydrogens is 262 g/mol. The van der Waals surface area contributed by atoms with Crippen LogP contribution in [-0.4, -0.2) is 46.0 Å². The predicted octanol–water partition coefficient (Wildman–Crippen LogP) is 0.302. The van der Waals surface area contributed by atoms with Crippen molar-refractivity contribution in [2.75, 3.05) is 38.5 Å². The van der Waals surface area contributed by atoms with E-state index in [2.05, 4.69) is 10.2 Å². The van der Waals surface area contributed by atoms with Crippen LogP contribution in [0.5, 0.6) is 0 Å². The second-order valence-corrected chi connectivity index (χ2v) is 6.91. The van der Waals surface area contributed by atoms with Crippen LogP contribution in [0.15, 0.2) is 28.0 Å². The second-order valence-electron chi connectivity index (χ2n) is 4.94. The Balaban J connectivity index is 1.89. The van der Waals surface area contributed by atoms with Crippen molar-refractivity contribution in [3.8, 4) is 0 Å². The zero-order chi connectivity index (χ0) is 13.5. The van der Waals surface area contributed by atoms with E-state index < -0.39 is 9.84 Å². The molecule has 0 radical (unpaired) electrons. The van der Waals surface area contributed by atoms with Crippen molar-refractivity contribution in [1.82, 2.24) is 10.2 Å². The van der Waals surface area contributed by atoms with Gasteiger partial charge in [0.1, 0.15) is 0 Å². The molecule has 102 valence electrons.